The molecule has 1 aliphatic rings. The van der Waals surface area contributed by atoms with Gasteiger partial charge in [-0.1, -0.05) is 30.3 Å². The maximum Gasteiger partial charge on any atom is 0.254 e. The van der Waals surface area contributed by atoms with E-state index in [2.05, 4.69) is 23.3 Å². The van der Waals surface area contributed by atoms with Crippen molar-refractivity contribution in [2.24, 2.45) is 0 Å². The molecule has 0 saturated carbocycles. The van der Waals surface area contributed by atoms with Gasteiger partial charge < -0.3 is 14.7 Å². The number of hydrogen-bond acceptors (Lipinski definition) is 4. The summed E-state index contributed by atoms with van der Waals surface area (Å²) in [5, 5.41) is 14.4. The lowest BCUT2D eigenvalue weighted by Gasteiger charge is -2.27. The van der Waals surface area contributed by atoms with Crippen LogP contribution in [0.2, 0.25) is 0 Å². The lowest BCUT2D eigenvalue weighted by Crippen LogP contribution is -2.38. The standard InChI is InChI=1S/C21H21N3O3/c1-27-20-12-16(7-8-19(20)25)21(26)23-9-10-24-18(14-23)13-17(22-24)11-15-5-3-2-4-6-15/h2-8,12-13,25H,9-11,14H2,1H3. The fourth-order valence-electron chi connectivity index (χ4n) is 3.38. The number of ether oxygens (including phenoxy) is 1. The molecule has 138 valence electrons. The summed E-state index contributed by atoms with van der Waals surface area (Å²) in [5.41, 5.74) is 3.77. The molecule has 2 heterocycles. The van der Waals surface area contributed by atoms with E-state index in [9.17, 15) is 9.90 Å². The number of methoxy groups -OCH3 is 1. The molecule has 0 radical (unpaired) electrons. The first kappa shape index (κ1) is 17.1. The number of rotatable bonds is 4. The fourth-order valence-corrected chi connectivity index (χ4v) is 3.38. The van der Waals surface area contributed by atoms with Gasteiger partial charge in [-0.3, -0.25) is 9.48 Å². The normalized spacial score (nSPS) is 13.3. The molecular weight excluding hydrogens is 342 g/mol. The van der Waals surface area contributed by atoms with Crippen LogP contribution in [0.1, 0.15) is 27.3 Å². The zero-order valence-corrected chi connectivity index (χ0v) is 15.1. The summed E-state index contributed by atoms with van der Waals surface area (Å²) in [4.78, 5) is 14.6. The number of phenolic OH excluding ortho intramolecular Hbond substituents is 1. The van der Waals surface area contributed by atoms with Crippen LogP contribution in [-0.2, 0) is 19.5 Å². The molecule has 1 aliphatic heterocycles. The first-order valence-corrected chi connectivity index (χ1v) is 8.90. The van der Waals surface area contributed by atoms with E-state index in [1.165, 1.54) is 18.7 Å². The summed E-state index contributed by atoms with van der Waals surface area (Å²) in [7, 11) is 1.47. The van der Waals surface area contributed by atoms with Crippen molar-refractivity contribution in [3.8, 4) is 11.5 Å². The maximum atomic E-state index is 12.8. The molecule has 0 unspecified atom stereocenters. The molecular formula is C21H21N3O3. The Labute approximate surface area is 157 Å². The van der Waals surface area contributed by atoms with Gasteiger partial charge in [0.15, 0.2) is 11.5 Å². The molecule has 0 spiro atoms. The van der Waals surface area contributed by atoms with Gasteiger partial charge in [0.1, 0.15) is 0 Å². The Morgan fingerprint density at radius 3 is 2.74 bits per heavy atom. The van der Waals surface area contributed by atoms with Crippen molar-refractivity contribution in [2.45, 2.75) is 19.5 Å². The molecule has 0 saturated heterocycles. The SMILES string of the molecule is COc1cc(C(=O)N2CCn3nc(Cc4ccccc4)cc3C2)ccc1O. The zero-order valence-electron chi connectivity index (χ0n) is 15.1. The van der Waals surface area contributed by atoms with Gasteiger partial charge in [0.2, 0.25) is 0 Å². The van der Waals surface area contributed by atoms with Crippen molar-refractivity contribution in [3.05, 3.63) is 77.1 Å². The van der Waals surface area contributed by atoms with E-state index in [1.54, 1.807) is 17.0 Å². The highest BCUT2D eigenvalue weighted by Crippen LogP contribution is 2.27. The molecule has 1 N–H and O–H groups in total. The molecule has 0 aliphatic carbocycles. The largest absolute Gasteiger partial charge is 0.504 e. The fraction of sp³-hybridized carbons (Fsp3) is 0.238. The Kier molecular flexibility index (Phi) is 4.54. The molecule has 6 nitrogen and oxygen atoms in total. The Bertz CT molecular complexity index is 966. The minimum absolute atomic E-state index is 0.0244. The van der Waals surface area contributed by atoms with E-state index in [-0.39, 0.29) is 11.7 Å². The molecule has 0 atom stereocenters. The lowest BCUT2D eigenvalue weighted by molar-refractivity contribution is 0.0705. The predicted molar refractivity (Wildman–Crippen MR) is 101 cm³/mol. The van der Waals surface area contributed by atoms with Crippen molar-refractivity contribution >= 4 is 5.91 Å². The van der Waals surface area contributed by atoms with E-state index in [4.69, 9.17) is 4.74 Å². The molecule has 2 aromatic carbocycles. The molecule has 1 amide bonds. The van der Waals surface area contributed by atoms with Crippen LogP contribution in [-0.4, -0.2) is 39.3 Å². The first-order valence-electron chi connectivity index (χ1n) is 8.90. The second kappa shape index (κ2) is 7.15. The van der Waals surface area contributed by atoms with Crippen molar-refractivity contribution in [1.29, 1.82) is 0 Å². The van der Waals surface area contributed by atoms with E-state index in [1.807, 2.05) is 22.9 Å². The van der Waals surface area contributed by atoms with E-state index < -0.39 is 0 Å². The van der Waals surface area contributed by atoms with Gasteiger partial charge >= 0.3 is 0 Å². The average molecular weight is 363 g/mol. The van der Waals surface area contributed by atoms with Crippen LogP contribution in [0.15, 0.2) is 54.6 Å². The van der Waals surface area contributed by atoms with Gasteiger partial charge in [0.25, 0.3) is 5.91 Å². The van der Waals surface area contributed by atoms with Crippen LogP contribution in [0.25, 0.3) is 0 Å². The quantitative estimate of drug-likeness (QED) is 0.774. The summed E-state index contributed by atoms with van der Waals surface area (Å²) < 4.78 is 7.09. The molecule has 0 fully saturated rings. The Hall–Kier alpha value is -3.28. The number of phenols is 1. The molecule has 4 rings (SSSR count). The van der Waals surface area contributed by atoms with Crippen LogP contribution in [0.5, 0.6) is 11.5 Å². The topological polar surface area (TPSA) is 67.6 Å². The number of nitrogens with zero attached hydrogens (tertiary/aromatic N) is 3. The smallest absolute Gasteiger partial charge is 0.254 e. The van der Waals surface area contributed by atoms with Gasteiger partial charge in [-0.15, -0.1) is 0 Å². The molecule has 27 heavy (non-hydrogen) atoms. The third kappa shape index (κ3) is 3.51. The Morgan fingerprint density at radius 1 is 1.15 bits per heavy atom. The second-order valence-corrected chi connectivity index (χ2v) is 6.63. The first-order chi connectivity index (χ1) is 13.1. The number of benzene rings is 2. The summed E-state index contributed by atoms with van der Waals surface area (Å²) >= 11 is 0. The highest BCUT2D eigenvalue weighted by Gasteiger charge is 2.24. The Morgan fingerprint density at radius 2 is 1.96 bits per heavy atom. The monoisotopic (exact) mass is 363 g/mol. The van der Waals surface area contributed by atoms with Crippen LogP contribution < -0.4 is 4.74 Å². The van der Waals surface area contributed by atoms with Crippen LogP contribution in [0.4, 0.5) is 0 Å². The van der Waals surface area contributed by atoms with Crippen molar-refractivity contribution in [3.63, 3.8) is 0 Å². The number of carbonyl (C=O) groups is 1. The highest BCUT2D eigenvalue weighted by molar-refractivity contribution is 5.95. The van der Waals surface area contributed by atoms with E-state index in [0.29, 0.717) is 30.9 Å². The van der Waals surface area contributed by atoms with Gasteiger partial charge in [-0.2, -0.15) is 5.10 Å². The third-order valence-corrected chi connectivity index (χ3v) is 4.79. The van der Waals surface area contributed by atoms with E-state index in [0.717, 1.165) is 17.8 Å². The van der Waals surface area contributed by atoms with Crippen LogP contribution >= 0.6 is 0 Å². The van der Waals surface area contributed by atoms with Crippen LogP contribution in [0.3, 0.4) is 0 Å². The molecule has 1 aromatic heterocycles. The third-order valence-electron chi connectivity index (χ3n) is 4.79. The minimum atomic E-state index is -0.0784. The summed E-state index contributed by atoms with van der Waals surface area (Å²) in [6.45, 7) is 1.79. The van der Waals surface area contributed by atoms with Gasteiger partial charge in [0.05, 0.1) is 31.6 Å². The number of fused-ring (bicyclic) bond motifs is 1. The number of aromatic hydroxyl groups is 1. The van der Waals surface area contributed by atoms with Crippen molar-refractivity contribution in [2.75, 3.05) is 13.7 Å². The molecule has 6 heteroatoms. The number of hydrogen-bond donors (Lipinski definition) is 1. The lowest BCUT2D eigenvalue weighted by atomic mass is 10.1. The van der Waals surface area contributed by atoms with E-state index >= 15 is 0 Å². The number of aromatic nitrogens is 2. The maximum absolute atomic E-state index is 12.8. The molecule has 3 aromatic rings. The Balaban J connectivity index is 1.50. The zero-order chi connectivity index (χ0) is 18.8. The highest BCUT2D eigenvalue weighted by atomic mass is 16.5. The summed E-state index contributed by atoms with van der Waals surface area (Å²) in [6.07, 6.45) is 0.782. The van der Waals surface area contributed by atoms with Gasteiger partial charge in [-0.05, 0) is 29.8 Å². The average Bonchev–Trinajstić information content (AvgIpc) is 3.10. The number of amides is 1. The summed E-state index contributed by atoms with van der Waals surface area (Å²) in [6, 6.07) is 17.0. The number of carbonyl (C=O) groups excluding carboxylic acids is 1. The van der Waals surface area contributed by atoms with Crippen LogP contribution in [0, 0.1) is 0 Å². The van der Waals surface area contributed by atoms with Gasteiger partial charge in [0, 0.05) is 18.5 Å². The van der Waals surface area contributed by atoms with Gasteiger partial charge in [-0.25, -0.2) is 0 Å². The van der Waals surface area contributed by atoms with Crippen molar-refractivity contribution in [1.82, 2.24) is 14.7 Å². The second-order valence-electron chi connectivity index (χ2n) is 6.63. The van der Waals surface area contributed by atoms with Crippen molar-refractivity contribution < 1.29 is 14.6 Å². The molecule has 0 bridgehead atoms. The summed E-state index contributed by atoms with van der Waals surface area (Å²) in [5.74, 6) is 0.245. The predicted octanol–water partition coefficient (Wildman–Crippen LogP) is 2.84. The minimum Gasteiger partial charge on any atom is -0.504 e.